The van der Waals surface area contributed by atoms with Crippen molar-refractivity contribution < 1.29 is 4.79 Å². The fourth-order valence-corrected chi connectivity index (χ4v) is 2.13. The highest BCUT2D eigenvalue weighted by molar-refractivity contribution is 5.67. The van der Waals surface area contributed by atoms with Crippen molar-refractivity contribution >= 4 is 6.29 Å². The quantitative estimate of drug-likeness (QED) is 0.688. The molecule has 0 saturated heterocycles. The summed E-state index contributed by atoms with van der Waals surface area (Å²) < 4.78 is 0. The molecular weight excluding hydrogens is 184 g/mol. The van der Waals surface area contributed by atoms with Crippen LogP contribution in [0.4, 0.5) is 0 Å². The number of benzene rings is 1. The molecule has 0 spiro atoms. The van der Waals surface area contributed by atoms with E-state index in [0.29, 0.717) is 0 Å². The molecule has 0 aromatic heterocycles. The Labute approximate surface area is 92.5 Å². The summed E-state index contributed by atoms with van der Waals surface area (Å²) in [6.07, 6.45) is 1.95. The molecule has 0 bridgehead atoms. The maximum absolute atomic E-state index is 11.3. The fourth-order valence-electron chi connectivity index (χ4n) is 2.13. The van der Waals surface area contributed by atoms with E-state index in [1.165, 1.54) is 0 Å². The van der Waals surface area contributed by atoms with Crippen molar-refractivity contribution in [2.24, 2.45) is 5.41 Å². The lowest BCUT2D eigenvalue weighted by Crippen LogP contribution is -2.29. The minimum atomic E-state index is -0.362. The molecule has 82 valence electrons. The molecular formula is C14H20O. The Kier molecular flexibility index (Phi) is 3.33. The Bertz CT molecular complexity index is 321. The van der Waals surface area contributed by atoms with Gasteiger partial charge in [-0.3, -0.25) is 0 Å². The second-order valence-corrected chi connectivity index (χ2v) is 5.64. The lowest BCUT2D eigenvalue weighted by Gasteiger charge is -2.31. The second-order valence-electron chi connectivity index (χ2n) is 5.64. The van der Waals surface area contributed by atoms with Gasteiger partial charge < -0.3 is 4.79 Å². The average Bonchev–Trinajstić information content (AvgIpc) is 2.16. The number of hydrogen-bond donors (Lipinski definition) is 0. The van der Waals surface area contributed by atoms with E-state index >= 15 is 0 Å². The van der Waals surface area contributed by atoms with E-state index in [-0.39, 0.29) is 10.8 Å². The first-order valence-corrected chi connectivity index (χ1v) is 5.39. The standard InChI is InChI=1S/C14H20O/c1-13(2,3)10-14(4,11-15)12-8-6-5-7-9-12/h5-9,11H,10H2,1-4H3. The molecule has 1 aromatic rings. The number of rotatable bonds is 3. The van der Waals surface area contributed by atoms with Crippen LogP contribution in [0.5, 0.6) is 0 Å². The van der Waals surface area contributed by atoms with E-state index < -0.39 is 0 Å². The Hall–Kier alpha value is -1.11. The summed E-state index contributed by atoms with van der Waals surface area (Å²) in [7, 11) is 0. The highest BCUT2D eigenvalue weighted by atomic mass is 16.1. The molecule has 0 aliphatic rings. The molecule has 1 aromatic carbocycles. The summed E-state index contributed by atoms with van der Waals surface area (Å²) in [5.41, 5.74) is 0.903. The highest BCUT2D eigenvalue weighted by Gasteiger charge is 2.31. The zero-order valence-electron chi connectivity index (χ0n) is 10.1. The maximum Gasteiger partial charge on any atom is 0.130 e. The van der Waals surface area contributed by atoms with Crippen LogP contribution < -0.4 is 0 Å². The molecule has 1 rings (SSSR count). The van der Waals surface area contributed by atoms with Crippen molar-refractivity contribution in [1.82, 2.24) is 0 Å². The average molecular weight is 204 g/mol. The van der Waals surface area contributed by atoms with E-state index in [1.807, 2.05) is 37.3 Å². The third-order valence-corrected chi connectivity index (χ3v) is 2.59. The normalized spacial score (nSPS) is 15.7. The van der Waals surface area contributed by atoms with Crippen molar-refractivity contribution in [1.29, 1.82) is 0 Å². The van der Waals surface area contributed by atoms with Gasteiger partial charge in [-0.05, 0) is 24.3 Å². The molecule has 1 atom stereocenters. The van der Waals surface area contributed by atoms with Gasteiger partial charge in [-0.25, -0.2) is 0 Å². The van der Waals surface area contributed by atoms with Gasteiger partial charge in [-0.15, -0.1) is 0 Å². The number of aldehydes is 1. The number of carbonyl (C=O) groups is 1. The molecule has 1 unspecified atom stereocenters. The molecule has 0 N–H and O–H groups in total. The summed E-state index contributed by atoms with van der Waals surface area (Å²) in [6.45, 7) is 8.51. The minimum Gasteiger partial charge on any atom is -0.302 e. The van der Waals surface area contributed by atoms with Crippen LogP contribution >= 0.6 is 0 Å². The van der Waals surface area contributed by atoms with Crippen LogP contribution in [0.2, 0.25) is 0 Å². The molecule has 0 radical (unpaired) electrons. The van der Waals surface area contributed by atoms with Gasteiger partial charge >= 0.3 is 0 Å². The SMILES string of the molecule is CC(C)(C)CC(C)(C=O)c1ccccc1. The first-order chi connectivity index (χ1) is 6.87. The summed E-state index contributed by atoms with van der Waals surface area (Å²) in [4.78, 5) is 11.3. The molecule has 0 amide bonds. The lowest BCUT2D eigenvalue weighted by atomic mass is 9.72. The van der Waals surface area contributed by atoms with E-state index in [0.717, 1.165) is 18.3 Å². The first-order valence-electron chi connectivity index (χ1n) is 5.39. The van der Waals surface area contributed by atoms with Gasteiger partial charge in [-0.1, -0.05) is 51.1 Å². The summed E-state index contributed by atoms with van der Waals surface area (Å²) >= 11 is 0. The van der Waals surface area contributed by atoms with Crippen molar-refractivity contribution in [3.63, 3.8) is 0 Å². The van der Waals surface area contributed by atoms with Gasteiger partial charge in [0.05, 0.1) is 0 Å². The van der Waals surface area contributed by atoms with Gasteiger partial charge in [0.1, 0.15) is 6.29 Å². The van der Waals surface area contributed by atoms with Crippen molar-refractivity contribution in [2.45, 2.75) is 39.5 Å². The summed E-state index contributed by atoms with van der Waals surface area (Å²) in [6, 6.07) is 10.0. The Morgan fingerprint density at radius 2 is 1.60 bits per heavy atom. The fraction of sp³-hybridized carbons (Fsp3) is 0.500. The summed E-state index contributed by atoms with van der Waals surface area (Å²) in [5.74, 6) is 0. The van der Waals surface area contributed by atoms with E-state index in [4.69, 9.17) is 0 Å². The molecule has 0 aliphatic carbocycles. The summed E-state index contributed by atoms with van der Waals surface area (Å²) in [5, 5.41) is 0. The third-order valence-electron chi connectivity index (χ3n) is 2.59. The topological polar surface area (TPSA) is 17.1 Å². The van der Waals surface area contributed by atoms with Gasteiger partial charge in [0.15, 0.2) is 0 Å². The molecule has 1 heteroatoms. The molecule has 0 aliphatic heterocycles. The highest BCUT2D eigenvalue weighted by Crippen LogP contribution is 2.34. The van der Waals surface area contributed by atoms with Gasteiger partial charge in [0.2, 0.25) is 0 Å². The molecule has 0 heterocycles. The third kappa shape index (κ3) is 3.19. The van der Waals surface area contributed by atoms with Crippen molar-refractivity contribution in [3.8, 4) is 0 Å². The van der Waals surface area contributed by atoms with Crippen LogP contribution in [-0.2, 0) is 10.2 Å². The van der Waals surface area contributed by atoms with E-state index in [2.05, 4.69) is 20.8 Å². The first kappa shape index (κ1) is 12.0. The van der Waals surface area contributed by atoms with Crippen molar-refractivity contribution in [3.05, 3.63) is 35.9 Å². The predicted octanol–water partition coefficient (Wildman–Crippen LogP) is 3.58. The van der Waals surface area contributed by atoms with Crippen LogP contribution in [0.15, 0.2) is 30.3 Å². The van der Waals surface area contributed by atoms with Crippen molar-refractivity contribution in [2.75, 3.05) is 0 Å². The van der Waals surface area contributed by atoms with Crippen LogP contribution in [0.25, 0.3) is 0 Å². The zero-order valence-corrected chi connectivity index (χ0v) is 10.1. The molecule has 0 saturated carbocycles. The minimum absolute atomic E-state index is 0.158. The predicted molar refractivity (Wildman–Crippen MR) is 63.9 cm³/mol. The monoisotopic (exact) mass is 204 g/mol. The molecule has 0 fully saturated rings. The van der Waals surface area contributed by atoms with Crippen LogP contribution in [-0.4, -0.2) is 6.29 Å². The Morgan fingerprint density at radius 3 is 2.00 bits per heavy atom. The zero-order chi connectivity index (χ0) is 11.5. The number of carbonyl (C=O) groups excluding carboxylic acids is 1. The lowest BCUT2D eigenvalue weighted by molar-refractivity contribution is -0.113. The van der Waals surface area contributed by atoms with E-state index in [1.54, 1.807) is 0 Å². The van der Waals surface area contributed by atoms with Gasteiger partial charge in [0, 0.05) is 5.41 Å². The maximum atomic E-state index is 11.3. The van der Waals surface area contributed by atoms with Crippen LogP contribution in [0, 0.1) is 5.41 Å². The Morgan fingerprint density at radius 1 is 1.07 bits per heavy atom. The smallest absolute Gasteiger partial charge is 0.130 e. The Balaban J connectivity index is 3.01. The molecule has 1 nitrogen and oxygen atoms in total. The largest absolute Gasteiger partial charge is 0.302 e. The van der Waals surface area contributed by atoms with Gasteiger partial charge in [0.25, 0.3) is 0 Å². The van der Waals surface area contributed by atoms with Crippen LogP contribution in [0.3, 0.4) is 0 Å². The van der Waals surface area contributed by atoms with E-state index in [9.17, 15) is 4.79 Å². The van der Waals surface area contributed by atoms with Gasteiger partial charge in [-0.2, -0.15) is 0 Å². The van der Waals surface area contributed by atoms with Crippen LogP contribution in [0.1, 0.15) is 39.7 Å². The second kappa shape index (κ2) is 4.18. The molecule has 15 heavy (non-hydrogen) atoms. The number of hydrogen-bond acceptors (Lipinski definition) is 1.